The van der Waals surface area contributed by atoms with Crippen LogP contribution in [0.2, 0.25) is 0 Å². The molecule has 1 aliphatic rings. The third-order valence-corrected chi connectivity index (χ3v) is 4.14. The van der Waals surface area contributed by atoms with Gasteiger partial charge in [-0.25, -0.2) is 8.78 Å². The van der Waals surface area contributed by atoms with Crippen LogP contribution in [0.4, 0.5) is 8.78 Å². The van der Waals surface area contributed by atoms with Crippen molar-refractivity contribution < 1.29 is 8.78 Å². The molecule has 102 valence electrons. The van der Waals surface area contributed by atoms with E-state index in [1.165, 1.54) is 12.8 Å². The fourth-order valence-electron chi connectivity index (χ4n) is 3.05. The van der Waals surface area contributed by atoms with Crippen LogP contribution in [-0.4, -0.2) is 19.0 Å². The van der Waals surface area contributed by atoms with Crippen molar-refractivity contribution in [3.8, 4) is 0 Å². The van der Waals surface area contributed by atoms with E-state index in [1.807, 2.05) is 7.05 Å². The number of alkyl halides is 2. The third kappa shape index (κ3) is 4.90. The maximum Gasteiger partial charge on any atom is 0.248 e. The first-order valence-electron chi connectivity index (χ1n) is 7.03. The molecular formula is C14H27F2N. The standard InChI is InChI=1S/C14H27F2N/c1-4-5-11(2)10-13(17-3)12-6-8-14(15,16)9-7-12/h11-13,17H,4-10H2,1-3H3. The van der Waals surface area contributed by atoms with E-state index in [2.05, 4.69) is 19.2 Å². The second-order valence-electron chi connectivity index (χ2n) is 5.72. The highest BCUT2D eigenvalue weighted by Gasteiger charge is 2.37. The Labute approximate surface area is 104 Å². The van der Waals surface area contributed by atoms with Crippen LogP contribution in [0.3, 0.4) is 0 Å². The minimum atomic E-state index is -2.40. The first-order valence-corrected chi connectivity index (χ1v) is 7.03. The summed E-state index contributed by atoms with van der Waals surface area (Å²) in [5, 5.41) is 3.34. The van der Waals surface area contributed by atoms with Crippen LogP contribution in [0.1, 0.15) is 58.8 Å². The van der Waals surface area contributed by atoms with Crippen molar-refractivity contribution in [2.75, 3.05) is 7.05 Å². The molecule has 0 radical (unpaired) electrons. The van der Waals surface area contributed by atoms with Crippen molar-refractivity contribution in [2.24, 2.45) is 11.8 Å². The van der Waals surface area contributed by atoms with E-state index in [-0.39, 0.29) is 12.8 Å². The van der Waals surface area contributed by atoms with Gasteiger partial charge < -0.3 is 5.32 Å². The van der Waals surface area contributed by atoms with Crippen LogP contribution in [0, 0.1) is 11.8 Å². The number of rotatable bonds is 6. The number of halogens is 2. The van der Waals surface area contributed by atoms with E-state index in [9.17, 15) is 8.78 Å². The molecule has 0 saturated heterocycles. The van der Waals surface area contributed by atoms with Gasteiger partial charge in [-0.05, 0) is 38.1 Å². The molecule has 0 aliphatic heterocycles. The molecule has 1 saturated carbocycles. The molecule has 0 aromatic heterocycles. The van der Waals surface area contributed by atoms with Crippen LogP contribution in [0.25, 0.3) is 0 Å². The maximum atomic E-state index is 13.1. The van der Waals surface area contributed by atoms with Gasteiger partial charge in [0.05, 0.1) is 0 Å². The highest BCUT2D eigenvalue weighted by molar-refractivity contribution is 4.85. The van der Waals surface area contributed by atoms with Gasteiger partial charge in [0.15, 0.2) is 0 Å². The summed E-state index contributed by atoms with van der Waals surface area (Å²) in [4.78, 5) is 0. The van der Waals surface area contributed by atoms with Gasteiger partial charge in [-0.3, -0.25) is 0 Å². The zero-order chi connectivity index (χ0) is 12.9. The van der Waals surface area contributed by atoms with Crippen molar-refractivity contribution in [2.45, 2.75) is 70.8 Å². The Balaban J connectivity index is 2.40. The van der Waals surface area contributed by atoms with Gasteiger partial charge in [0, 0.05) is 18.9 Å². The summed E-state index contributed by atoms with van der Waals surface area (Å²) in [6.45, 7) is 4.47. The van der Waals surface area contributed by atoms with Crippen LogP contribution in [0.5, 0.6) is 0 Å². The summed E-state index contributed by atoms with van der Waals surface area (Å²) in [7, 11) is 1.97. The topological polar surface area (TPSA) is 12.0 Å². The van der Waals surface area contributed by atoms with Crippen molar-refractivity contribution in [3.05, 3.63) is 0 Å². The highest BCUT2D eigenvalue weighted by atomic mass is 19.3. The summed E-state index contributed by atoms with van der Waals surface area (Å²) < 4.78 is 26.2. The minimum Gasteiger partial charge on any atom is -0.317 e. The summed E-state index contributed by atoms with van der Waals surface area (Å²) in [6.07, 6.45) is 5.09. The fourth-order valence-corrected chi connectivity index (χ4v) is 3.05. The Morgan fingerprint density at radius 1 is 1.29 bits per heavy atom. The Morgan fingerprint density at radius 3 is 2.35 bits per heavy atom. The van der Waals surface area contributed by atoms with E-state index >= 15 is 0 Å². The second kappa shape index (κ2) is 6.67. The van der Waals surface area contributed by atoms with Crippen LogP contribution in [0.15, 0.2) is 0 Å². The van der Waals surface area contributed by atoms with Crippen molar-refractivity contribution in [1.29, 1.82) is 0 Å². The van der Waals surface area contributed by atoms with Crippen LogP contribution in [-0.2, 0) is 0 Å². The number of nitrogens with one attached hydrogen (secondary N) is 1. The predicted octanol–water partition coefficient (Wildman–Crippen LogP) is 4.23. The summed E-state index contributed by atoms with van der Waals surface area (Å²) in [6, 6.07) is 0.424. The lowest BCUT2D eigenvalue weighted by molar-refractivity contribution is -0.0500. The third-order valence-electron chi connectivity index (χ3n) is 4.14. The molecule has 1 aliphatic carbocycles. The maximum absolute atomic E-state index is 13.1. The molecule has 1 fully saturated rings. The second-order valence-corrected chi connectivity index (χ2v) is 5.72. The zero-order valence-electron chi connectivity index (χ0n) is 11.4. The average Bonchev–Trinajstić information content (AvgIpc) is 2.27. The van der Waals surface area contributed by atoms with E-state index in [4.69, 9.17) is 0 Å². The Kier molecular flexibility index (Phi) is 5.84. The van der Waals surface area contributed by atoms with Crippen molar-refractivity contribution >= 4 is 0 Å². The van der Waals surface area contributed by atoms with Gasteiger partial charge in [0.1, 0.15) is 0 Å². The van der Waals surface area contributed by atoms with Crippen molar-refractivity contribution in [3.63, 3.8) is 0 Å². The zero-order valence-corrected chi connectivity index (χ0v) is 11.4. The van der Waals surface area contributed by atoms with Crippen LogP contribution < -0.4 is 5.32 Å². The van der Waals surface area contributed by atoms with Crippen molar-refractivity contribution in [1.82, 2.24) is 5.32 Å². The van der Waals surface area contributed by atoms with Gasteiger partial charge in [0.2, 0.25) is 5.92 Å². The fraction of sp³-hybridized carbons (Fsp3) is 1.00. The highest BCUT2D eigenvalue weighted by Crippen LogP contribution is 2.38. The molecule has 0 amide bonds. The number of hydrogen-bond acceptors (Lipinski definition) is 1. The monoisotopic (exact) mass is 247 g/mol. The first kappa shape index (κ1) is 14.9. The molecule has 17 heavy (non-hydrogen) atoms. The lowest BCUT2D eigenvalue weighted by Gasteiger charge is -2.34. The van der Waals surface area contributed by atoms with E-state index < -0.39 is 5.92 Å². The first-order chi connectivity index (χ1) is 7.98. The molecule has 2 atom stereocenters. The molecule has 0 spiro atoms. The Morgan fingerprint density at radius 2 is 1.88 bits per heavy atom. The SMILES string of the molecule is CCCC(C)CC(NC)C1CCC(F)(F)CC1. The number of hydrogen-bond donors (Lipinski definition) is 1. The molecule has 1 rings (SSSR count). The van der Waals surface area contributed by atoms with E-state index in [1.54, 1.807) is 0 Å². The summed E-state index contributed by atoms with van der Waals surface area (Å²) in [5.74, 6) is -1.26. The molecule has 0 bridgehead atoms. The molecular weight excluding hydrogens is 220 g/mol. The molecule has 0 heterocycles. The molecule has 1 nitrogen and oxygen atoms in total. The van der Waals surface area contributed by atoms with E-state index in [0.717, 1.165) is 6.42 Å². The van der Waals surface area contributed by atoms with E-state index in [0.29, 0.717) is 30.7 Å². The molecule has 2 unspecified atom stereocenters. The molecule has 0 aromatic carbocycles. The quantitative estimate of drug-likeness (QED) is 0.740. The molecule has 0 aromatic rings. The lowest BCUT2D eigenvalue weighted by atomic mass is 9.79. The van der Waals surface area contributed by atoms with Gasteiger partial charge >= 0.3 is 0 Å². The summed E-state index contributed by atoms with van der Waals surface area (Å²) in [5.41, 5.74) is 0. The average molecular weight is 247 g/mol. The summed E-state index contributed by atoms with van der Waals surface area (Å²) >= 11 is 0. The largest absolute Gasteiger partial charge is 0.317 e. The van der Waals surface area contributed by atoms with Gasteiger partial charge in [-0.1, -0.05) is 26.7 Å². The van der Waals surface area contributed by atoms with Crippen LogP contribution >= 0.6 is 0 Å². The van der Waals surface area contributed by atoms with Gasteiger partial charge in [0.25, 0.3) is 0 Å². The predicted molar refractivity (Wildman–Crippen MR) is 68.4 cm³/mol. The van der Waals surface area contributed by atoms with Gasteiger partial charge in [-0.2, -0.15) is 0 Å². The molecule has 1 N–H and O–H groups in total. The lowest BCUT2D eigenvalue weighted by Crippen LogP contribution is -2.39. The normalized spacial score (nSPS) is 24.5. The van der Waals surface area contributed by atoms with Gasteiger partial charge in [-0.15, -0.1) is 0 Å². The molecule has 3 heteroatoms. The minimum absolute atomic E-state index is 0.0814. The Bertz CT molecular complexity index is 208. The smallest absolute Gasteiger partial charge is 0.248 e. The Hall–Kier alpha value is -0.180.